The third-order valence-corrected chi connectivity index (χ3v) is 7.41. The van der Waals surface area contributed by atoms with Crippen LogP contribution in [0.25, 0.3) is 17.4 Å². The molecule has 0 saturated carbocycles. The van der Waals surface area contributed by atoms with Gasteiger partial charge in [-0.3, -0.25) is 14.9 Å². The average Bonchev–Trinajstić information content (AvgIpc) is 3.46. The van der Waals surface area contributed by atoms with Crippen molar-refractivity contribution in [3.8, 4) is 17.4 Å². The Kier molecular flexibility index (Phi) is 7.76. The van der Waals surface area contributed by atoms with E-state index in [4.69, 9.17) is 20.8 Å². The predicted octanol–water partition coefficient (Wildman–Crippen LogP) is 6.42. The zero-order valence-electron chi connectivity index (χ0n) is 20.0. The minimum Gasteiger partial charge on any atom is -0.462 e. The average molecular weight is 540 g/mol. The second kappa shape index (κ2) is 11.0. The maximum absolute atomic E-state index is 13.0. The number of nitriles is 1. The van der Waals surface area contributed by atoms with Gasteiger partial charge in [-0.2, -0.15) is 5.26 Å². The molecular formula is C26H22ClN3O6S. The van der Waals surface area contributed by atoms with Crippen LogP contribution in [0.4, 0.5) is 10.7 Å². The lowest BCUT2D eigenvalue weighted by atomic mass is 9.88. The molecule has 0 unspecified atom stereocenters. The Bertz CT molecular complexity index is 1470. The van der Waals surface area contributed by atoms with Crippen LogP contribution >= 0.6 is 22.9 Å². The number of carbonyl (C=O) groups is 2. The molecule has 0 saturated heterocycles. The number of nitrogens with one attached hydrogen (secondary N) is 1. The van der Waals surface area contributed by atoms with Gasteiger partial charge in [-0.15, -0.1) is 11.3 Å². The summed E-state index contributed by atoms with van der Waals surface area (Å²) in [6.45, 7) is 4.06. The maximum atomic E-state index is 13.0. The number of thiophene rings is 1. The molecule has 0 spiro atoms. The van der Waals surface area contributed by atoms with E-state index in [2.05, 4.69) is 12.2 Å². The number of esters is 1. The van der Waals surface area contributed by atoms with Gasteiger partial charge in [0, 0.05) is 22.6 Å². The van der Waals surface area contributed by atoms with Crippen molar-refractivity contribution < 1.29 is 23.7 Å². The predicted molar refractivity (Wildman–Crippen MR) is 139 cm³/mol. The van der Waals surface area contributed by atoms with Gasteiger partial charge in [-0.25, -0.2) is 4.79 Å². The molecular weight excluding hydrogens is 518 g/mol. The van der Waals surface area contributed by atoms with E-state index < -0.39 is 16.8 Å². The first kappa shape index (κ1) is 26.1. The Hall–Kier alpha value is -3.94. The third-order valence-electron chi connectivity index (χ3n) is 5.92. The normalized spacial score (nSPS) is 15.0. The molecule has 1 aliphatic carbocycles. The van der Waals surface area contributed by atoms with Crippen molar-refractivity contribution in [1.82, 2.24) is 0 Å². The molecule has 0 radical (unpaired) electrons. The summed E-state index contributed by atoms with van der Waals surface area (Å²) in [7, 11) is 0. The molecule has 2 aromatic heterocycles. The highest BCUT2D eigenvalue weighted by Crippen LogP contribution is 2.40. The van der Waals surface area contributed by atoms with Gasteiger partial charge in [0.05, 0.1) is 17.1 Å². The number of rotatable bonds is 7. The Morgan fingerprint density at radius 3 is 2.86 bits per heavy atom. The highest BCUT2D eigenvalue weighted by molar-refractivity contribution is 7.17. The van der Waals surface area contributed by atoms with Crippen LogP contribution in [0.1, 0.15) is 46.8 Å². The number of ether oxygens (including phenoxy) is 1. The Morgan fingerprint density at radius 1 is 1.38 bits per heavy atom. The Balaban J connectivity index is 1.60. The van der Waals surface area contributed by atoms with E-state index in [0.29, 0.717) is 27.8 Å². The molecule has 1 aromatic carbocycles. The van der Waals surface area contributed by atoms with Crippen LogP contribution in [0, 0.1) is 27.4 Å². The number of halogens is 1. The highest BCUT2D eigenvalue weighted by atomic mass is 35.5. The van der Waals surface area contributed by atoms with Crippen molar-refractivity contribution >= 4 is 51.6 Å². The van der Waals surface area contributed by atoms with Gasteiger partial charge in [0.1, 0.15) is 33.2 Å². The summed E-state index contributed by atoms with van der Waals surface area (Å²) in [5.74, 6) is -0.230. The minimum absolute atomic E-state index is 0.00392. The van der Waals surface area contributed by atoms with Crippen LogP contribution < -0.4 is 5.32 Å². The van der Waals surface area contributed by atoms with Crippen molar-refractivity contribution in [1.29, 1.82) is 5.26 Å². The molecule has 11 heteroatoms. The van der Waals surface area contributed by atoms with Crippen LogP contribution in [-0.2, 0) is 22.4 Å². The maximum Gasteiger partial charge on any atom is 0.341 e. The number of carbonyl (C=O) groups excluding carboxylic acids is 2. The largest absolute Gasteiger partial charge is 0.462 e. The summed E-state index contributed by atoms with van der Waals surface area (Å²) in [5, 5.41) is 23.9. The number of anilines is 1. The molecule has 0 aliphatic heterocycles. The van der Waals surface area contributed by atoms with Gasteiger partial charge in [-0.05, 0) is 61.9 Å². The number of nitrogens with zero attached hydrogens (tertiary/aromatic N) is 2. The number of hydrogen-bond donors (Lipinski definition) is 1. The molecule has 37 heavy (non-hydrogen) atoms. The lowest BCUT2D eigenvalue weighted by molar-refractivity contribution is -0.384. The zero-order chi connectivity index (χ0) is 26.7. The number of benzene rings is 1. The third kappa shape index (κ3) is 5.58. The van der Waals surface area contributed by atoms with Crippen LogP contribution in [0.15, 0.2) is 40.3 Å². The first-order chi connectivity index (χ1) is 17.7. The van der Waals surface area contributed by atoms with E-state index in [9.17, 15) is 25.0 Å². The summed E-state index contributed by atoms with van der Waals surface area (Å²) in [6.07, 6.45) is 3.73. The number of hydrogen-bond acceptors (Lipinski definition) is 8. The standard InChI is InChI=1S/C26H22ClN3O6S/c1-3-35-26(32)23-18-7-4-14(2)10-22(18)37-25(23)29-24(31)16(13-28)11-17-6-9-21(36-17)15-5-8-19(27)20(12-15)30(33)34/h5-6,8-9,11-12,14H,3-4,7,10H2,1-2H3,(H,29,31)/b16-11+/t14-/m0/s1. The number of nitro groups is 1. The van der Waals surface area contributed by atoms with Gasteiger partial charge < -0.3 is 14.5 Å². The van der Waals surface area contributed by atoms with Crippen molar-refractivity contribution in [3.05, 3.63) is 72.8 Å². The quantitative estimate of drug-likeness (QED) is 0.120. The van der Waals surface area contributed by atoms with E-state index in [1.807, 2.05) is 6.07 Å². The minimum atomic E-state index is -0.695. The highest BCUT2D eigenvalue weighted by Gasteiger charge is 2.29. The molecule has 9 nitrogen and oxygen atoms in total. The lowest BCUT2D eigenvalue weighted by Gasteiger charge is -2.18. The SMILES string of the molecule is CCOC(=O)c1c(NC(=O)/C(C#N)=C/c2ccc(-c3ccc(Cl)c([N+](=O)[O-])c3)o2)sc2c1CC[C@H](C)C2. The summed E-state index contributed by atoms with van der Waals surface area (Å²) in [5.41, 5.74) is 1.15. The molecule has 2 heterocycles. The van der Waals surface area contributed by atoms with E-state index >= 15 is 0 Å². The molecule has 3 aromatic rings. The van der Waals surface area contributed by atoms with Crippen LogP contribution in [0.3, 0.4) is 0 Å². The number of amides is 1. The van der Waals surface area contributed by atoms with Gasteiger partial charge >= 0.3 is 5.97 Å². The number of furan rings is 1. The van der Waals surface area contributed by atoms with Crippen molar-refractivity contribution in [2.24, 2.45) is 5.92 Å². The molecule has 0 bridgehead atoms. The van der Waals surface area contributed by atoms with Gasteiger partial charge in [0.25, 0.3) is 11.6 Å². The fourth-order valence-electron chi connectivity index (χ4n) is 4.11. The monoisotopic (exact) mass is 539 g/mol. The van der Waals surface area contributed by atoms with Gasteiger partial charge in [0.2, 0.25) is 0 Å². The second-order valence-electron chi connectivity index (χ2n) is 8.53. The molecule has 1 N–H and O–H groups in total. The van der Waals surface area contributed by atoms with Crippen molar-refractivity contribution in [2.75, 3.05) is 11.9 Å². The second-order valence-corrected chi connectivity index (χ2v) is 10.0. The van der Waals surface area contributed by atoms with Crippen molar-refractivity contribution in [2.45, 2.75) is 33.1 Å². The molecule has 4 rings (SSSR count). The fourth-order valence-corrected chi connectivity index (χ4v) is 5.69. The van der Waals surface area contributed by atoms with Crippen molar-refractivity contribution in [3.63, 3.8) is 0 Å². The summed E-state index contributed by atoms with van der Waals surface area (Å²) in [6, 6.07) is 9.21. The van der Waals surface area contributed by atoms with Crippen LogP contribution in [-0.4, -0.2) is 23.4 Å². The van der Waals surface area contributed by atoms with Gasteiger partial charge in [0.15, 0.2) is 0 Å². The van der Waals surface area contributed by atoms with Gasteiger partial charge in [-0.1, -0.05) is 18.5 Å². The zero-order valence-corrected chi connectivity index (χ0v) is 21.6. The summed E-state index contributed by atoms with van der Waals surface area (Å²) < 4.78 is 10.9. The van der Waals surface area contributed by atoms with E-state index in [-0.39, 0.29) is 28.7 Å². The molecule has 0 fully saturated rings. The van der Waals surface area contributed by atoms with Crippen LogP contribution in [0.2, 0.25) is 5.02 Å². The first-order valence-corrected chi connectivity index (χ1v) is 12.7. The summed E-state index contributed by atoms with van der Waals surface area (Å²) in [4.78, 5) is 37.3. The Morgan fingerprint density at radius 2 is 2.16 bits per heavy atom. The van der Waals surface area contributed by atoms with E-state index in [0.717, 1.165) is 29.7 Å². The topological polar surface area (TPSA) is 135 Å². The molecule has 1 amide bonds. The van der Waals surface area contributed by atoms with Crippen LogP contribution in [0.5, 0.6) is 0 Å². The molecule has 190 valence electrons. The fraction of sp³-hybridized carbons (Fsp3) is 0.269. The summed E-state index contributed by atoms with van der Waals surface area (Å²) >= 11 is 7.20. The molecule has 1 aliphatic rings. The first-order valence-electron chi connectivity index (χ1n) is 11.5. The number of nitro benzene ring substituents is 1. The smallest absolute Gasteiger partial charge is 0.341 e. The van der Waals surface area contributed by atoms with E-state index in [1.54, 1.807) is 19.1 Å². The Labute approximate surface area is 221 Å². The number of fused-ring (bicyclic) bond motifs is 1. The lowest BCUT2D eigenvalue weighted by Crippen LogP contribution is -2.17. The molecule has 1 atom stereocenters. The van der Waals surface area contributed by atoms with E-state index in [1.165, 1.54) is 35.6 Å².